The van der Waals surface area contributed by atoms with Gasteiger partial charge in [-0.1, -0.05) is 29.3 Å². The molecule has 0 saturated carbocycles. The molecular weight excluding hydrogens is 295 g/mol. The summed E-state index contributed by atoms with van der Waals surface area (Å²) in [6, 6.07) is 8.68. The first kappa shape index (κ1) is 14.7. The highest BCUT2D eigenvalue weighted by atomic mass is 35.5. The minimum Gasteiger partial charge on any atom is -0.868 e. The summed E-state index contributed by atoms with van der Waals surface area (Å²) in [5, 5.41) is 13.0. The molecule has 0 fully saturated rings. The molecule has 0 bridgehead atoms. The number of hydrogen-bond donors (Lipinski definition) is 0. The molecular formula is C15H14Cl2N2O. The van der Waals surface area contributed by atoms with Crippen LogP contribution in [-0.2, 0) is 0 Å². The Bertz CT molecular complexity index is 637. The molecule has 2 rings (SSSR count). The number of halogens is 2. The van der Waals surface area contributed by atoms with Gasteiger partial charge in [-0.2, -0.15) is 4.57 Å². The van der Waals surface area contributed by atoms with Gasteiger partial charge in [0.1, 0.15) is 0 Å². The summed E-state index contributed by atoms with van der Waals surface area (Å²) in [7, 11) is 3.92. The van der Waals surface area contributed by atoms with Gasteiger partial charge in [-0.05, 0) is 23.5 Å². The van der Waals surface area contributed by atoms with Crippen molar-refractivity contribution in [3.63, 3.8) is 0 Å². The van der Waals surface area contributed by atoms with Gasteiger partial charge in [0.05, 0.1) is 0 Å². The first-order valence-corrected chi connectivity index (χ1v) is 6.75. The van der Waals surface area contributed by atoms with E-state index in [0.717, 1.165) is 5.69 Å². The summed E-state index contributed by atoms with van der Waals surface area (Å²) < 4.78 is 1.69. The molecule has 1 heterocycles. The van der Waals surface area contributed by atoms with Crippen LogP contribution in [0.15, 0.2) is 42.7 Å². The molecule has 0 aliphatic rings. The van der Waals surface area contributed by atoms with Gasteiger partial charge >= 0.3 is 0 Å². The lowest BCUT2D eigenvalue weighted by Gasteiger charge is -2.12. The second-order valence-electron chi connectivity index (χ2n) is 4.52. The van der Waals surface area contributed by atoms with Crippen LogP contribution in [0.2, 0.25) is 10.0 Å². The van der Waals surface area contributed by atoms with Gasteiger partial charge in [0.15, 0.2) is 18.6 Å². The van der Waals surface area contributed by atoms with E-state index in [1.807, 2.05) is 43.5 Å². The summed E-state index contributed by atoms with van der Waals surface area (Å²) in [5.74, 6) is -0.172. The molecule has 1 aromatic heterocycles. The van der Waals surface area contributed by atoms with Crippen LogP contribution in [0.4, 0.5) is 5.69 Å². The van der Waals surface area contributed by atoms with Gasteiger partial charge < -0.3 is 10.0 Å². The van der Waals surface area contributed by atoms with E-state index in [-0.39, 0.29) is 5.76 Å². The van der Waals surface area contributed by atoms with Gasteiger partial charge in [-0.15, -0.1) is 0 Å². The number of benzene rings is 1. The Hall–Kier alpha value is -1.71. The van der Waals surface area contributed by atoms with Crippen LogP contribution in [0.5, 0.6) is 0 Å². The van der Waals surface area contributed by atoms with Gasteiger partial charge in [0, 0.05) is 42.0 Å². The fourth-order valence-electron chi connectivity index (χ4n) is 1.71. The zero-order chi connectivity index (χ0) is 14.7. The number of nitrogens with zero attached hydrogens (tertiary/aromatic N) is 2. The third kappa shape index (κ3) is 3.44. The fourth-order valence-corrected chi connectivity index (χ4v) is 2.21. The minimum absolute atomic E-state index is 0.172. The topological polar surface area (TPSA) is 30.2 Å². The van der Waals surface area contributed by atoms with E-state index in [4.69, 9.17) is 23.2 Å². The monoisotopic (exact) mass is 308 g/mol. The van der Waals surface area contributed by atoms with Gasteiger partial charge in [0.25, 0.3) is 0 Å². The highest BCUT2D eigenvalue weighted by Crippen LogP contribution is 2.24. The Morgan fingerprint density at radius 3 is 2.35 bits per heavy atom. The molecule has 0 spiro atoms. The molecule has 20 heavy (non-hydrogen) atoms. The summed E-state index contributed by atoms with van der Waals surface area (Å²) in [6.07, 6.45) is 5.11. The number of pyridine rings is 1. The predicted octanol–water partition coefficient (Wildman–Crippen LogP) is 2.66. The first-order chi connectivity index (χ1) is 9.47. The van der Waals surface area contributed by atoms with Gasteiger partial charge in [-0.25, -0.2) is 0 Å². The third-order valence-electron chi connectivity index (χ3n) is 2.81. The third-order valence-corrected chi connectivity index (χ3v) is 3.36. The normalized spacial score (nSPS) is 11.5. The van der Waals surface area contributed by atoms with Crippen molar-refractivity contribution in [3.8, 4) is 0 Å². The van der Waals surface area contributed by atoms with Crippen molar-refractivity contribution >= 4 is 40.8 Å². The average Bonchev–Trinajstić information content (AvgIpc) is 2.39. The van der Waals surface area contributed by atoms with Crippen LogP contribution in [0.25, 0.3) is 12.0 Å². The van der Waals surface area contributed by atoms with Crippen molar-refractivity contribution in [1.29, 1.82) is 0 Å². The number of hydrogen-bond acceptors (Lipinski definition) is 2. The summed E-state index contributed by atoms with van der Waals surface area (Å²) >= 11 is 11.8. The van der Waals surface area contributed by atoms with Crippen LogP contribution in [-0.4, -0.2) is 14.1 Å². The Balaban J connectivity index is 2.29. The molecule has 0 amide bonds. The molecule has 0 radical (unpaired) electrons. The smallest absolute Gasteiger partial charge is 0.176 e. The van der Waals surface area contributed by atoms with Gasteiger partial charge in [-0.3, -0.25) is 0 Å². The van der Waals surface area contributed by atoms with E-state index < -0.39 is 0 Å². The van der Waals surface area contributed by atoms with Crippen molar-refractivity contribution in [2.75, 3.05) is 19.0 Å². The van der Waals surface area contributed by atoms with E-state index in [0.29, 0.717) is 15.6 Å². The van der Waals surface area contributed by atoms with Crippen LogP contribution in [0.3, 0.4) is 0 Å². The van der Waals surface area contributed by atoms with Crippen LogP contribution >= 0.6 is 23.2 Å². The Morgan fingerprint density at radius 2 is 1.80 bits per heavy atom. The molecule has 3 nitrogen and oxygen atoms in total. The molecule has 0 aliphatic heterocycles. The van der Waals surface area contributed by atoms with Crippen molar-refractivity contribution < 1.29 is 9.67 Å². The maximum absolute atomic E-state index is 12.2. The van der Waals surface area contributed by atoms with Crippen molar-refractivity contribution in [1.82, 2.24) is 0 Å². The standard InChI is InChI=1S/C15H14Cl2N2O/c1-18(2)12-5-7-19(8-6-12)10-15(20)13-4-3-11(16)9-14(13)17/h3-10H,1-2H3/b15-10-. The Kier molecular flexibility index (Phi) is 4.53. The lowest BCUT2D eigenvalue weighted by molar-refractivity contribution is -0.569. The average molecular weight is 309 g/mol. The SMILES string of the molecule is CN(C)c1cc[n+](/C=C(\[O-])c2ccc(Cl)cc2Cl)cc1. The number of anilines is 1. The molecule has 2 aromatic rings. The number of aromatic nitrogens is 1. The molecule has 0 aliphatic carbocycles. The van der Waals surface area contributed by atoms with E-state index >= 15 is 0 Å². The van der Waals surface area contributed by atoms with Gasteiger partial charge in [0.2, 0.25) is 0 Å². The summed E-state index contributed by atoms with van der Waals surface area (Å²) in [6.45, 7) is 0. The zero-order valence-electron chi connectivity index (χ0n) is 11.2. The van der Waals surface area contributed by atoms with Crippen molar-refractivity contribution in [2.24, 2.45) is 0 Å². The highest BCUT2D eigenvalue weighted by molar-refractivity contribution is 6.35. The summed E-state index contributed by atoms with van der Waals surface area (Å²) in [5.41, 5.74) is 1.49. The molecule has 104 valence electrons. The van der Waals surface area contributed by atoms with E-state index in [2.05, 4.69) is 0 Å². The molecule has 1 aromatic carbocycles. The minimum atomic E-state index is -0.172. The maximum Gasteiger partial charge on any atom is 0.176 e. The molecule has 0 atom stereocenters. The quantitative estimate of drug-likeness (QED) is 0.644. The van der Waals surface area contributed by atoms with E-state index in [1.165, 1.54) is 6.20 Å². The lowest BCUT2D eigenvalue weighted by atomic mass is 10.2. The highest BCUT2D eigenvalue weighted by Gasteiger charge is 2.04. The lowest BCUT2D eigenvalue weighted by Crippen LogP contribution is -2.27. The fraction of sp³-hybridized carbons (Fsp3) is 0.133. The second kappa shape index (κ2) is 6.16. The Morgan fingerprint density at radius 1 is 1.15 bits per heavy atom. The van der Waals surface area contributed by atoms with Crippen LogP contribution in [0, 0.1) is 0 Å². The van der Waals surface area contributed by atoms with Crippen LogP contribution < -0.4 is 14.6 Å². The van der Waals surface area contributed by atoms with Crippen molar-refractivity contribution in [2.45, 2.75) is 0 Å². The second-order valence-corrected chi connectivity index (χ2v) is 5.36. The Labute approximate surface area is 128 Å². The molecule has 0 unspecified atom stereocenters. The largest absolute Gasteiger partial charge is 0.868 e. The summed E-state index contributed by atoms with van der Waals surface area (Å²) in [4.78, 5) is 1.99. The molecule has 0 saturated heterocycles. The first-order valence-electron chi connectivity index (χ1n) is 6.00. The van der Waals surface area contributed by atoms with E-state index in [1.54, 1.807) is 22.8 Å². The molecule has 0 N–H and O–H groups in total. The van der Waals surface area contributed by atoms with E-state index in [9.17, 15) is 5.11 Å². The van der Waals surface area contributed by atoms with Crippen molar-refractivity contribution in [3.05, 3.63) is 58.3 Å². The van der Waals surface area contributed by atoms with Crippen LogP contribution in [0.1, 0.15) is 5.56 Å². The molecule has 5 heteroatoms. The number of rotatable bonds is 3. The maximum atomic E-state index is 12.2. The predicted molar refractivity (Wildman–Crippen MR) is 81.6 cm³/mol. The zero-order valence-corrected chi connectivity index (χ0v) is 12.7.